The first-order chi connectivity index (χ1) is 8.00. The predicted molar refractivity (Wildman–Crippen MR) is 63.8 cm³/mol. The molecule has 2 heterocycles. The van der Waals surface area contributed by atoms with Gasteiger partial charge in [0.1, 0.15) is 5.76 Å². The lowest BCUT2D eigenvalue weighted by Gasteiger charge is -2.29. The number of carbonyl (C=O) groups is 1. The maximum absolute atomic E-state index is 11.9. The number of carbonyl (C=O) groups excluding carboxylic acids is 1. The molecule has 0 unspecified atom stereocenters. The van der Waals surface area contributed by atoms with Crippen molar-refractivity contribution >= 4 is 5.91 Å². The number of hydrogen-bond acceptors (Lipinski definition) is 4. The molecule has 5 nitrogen and oxygen atoms in total. The lowest BCUT2D eigenvalue weighted by Crippen LogP contribution is -2.36. The van der Waals surface area contributed by atoms with E-state index in [0.29, 0.717) is 11.7 Å². The van der Waals surface area contributed by atoms with E-state index < -0.39 is 0 Å². The fourth-order valence-corrected chi connectivity index (χ4v) is 2.05. The summed E-state index contributed by atoms with van der Waals surface area (Å²) in [4.78, 5) is 15.8. The highest BCUT2D eigenvalue weighted by atomic mass is 16.5. The topological polar surface area (TPSA) is 49.6 Å². The summed E-state index contributed by atoms with van der Waals surface area (Å²) in [6.45, 7) is 6.04. The molecule has 0 radical (unpaired) electrons. The molecule has 0 saturated heterocycles. The quantitative estimate of drug-likeness (QED) is 0.774. The zero-order valence-corrected chi connectivity index (χ0v) is 10.9. The van der Waals surface area contributed by atoms with Crippen molar-refractivity contribution in [2.24, 2.45) is 0 Å². The number of aromatic nitrogens is 1. The van der Waals surface area contributed by atoms with E-state index in [1.165, 1.54) is 4.90 Å². The van der Waals surface area contributed by atoms with Gasteiger partial charge in [-0.2, -0.15) is 0 Å². The highest BCUT2D eigenvalue weighted by molar-refractivity contribution is 5.93. The van der Waals surface area contributed by atoms with E-state index in [9.17, 15) is 4.79 Å². The van der Waals surface area contributed by atoms with Gasteiger partial charge in [0.05, 0.1) is 0 Å². The average Bonchev–Trinajstić information content (AvgIpc) is 2.70. The standard InChI is InChI=1S/C12H19N3O2/c1-8(2)15-6-5-10-9(7-15)11(13-17-10)12(16)14(3)4/h8H,5-7H2,1-4H3. The van der Waals surface area contributed by atoms with Gasteiger partial charge in [-0.15, -0.1) is 0 Å². The lowest BCUT2D eigenvalue weighted by molar-refractivity contribution is 0.0815. The Balaban J connectivity index is 2.28. The Labute approximate surface area is 101 Å². The van der Waals surface area contributed by atoms with Crippen molar-refractivity contribution in [1.29, 1.82) is 0 Å². The van der Waals surface area contributed by atoms with Crippen LogP contribution in [0.4, 0.5) is 0 Å². The van der Waals surface area contributed by atoms with Crippen LogP contribution >= 0.6 is 0 Å². The van der Waals surface area contributed by atoms with Gasteiger partial charge in [0.15, 0.2) is 5.69 Å². The van der Waals surface area contributed by atoms with Crippen molar-refractivity contribution < 1.29 is 9.32 Å². The van der Waals surface area contributed by atoms with Crippen molar-refractivity contribution in [3.63, 3.8) is 0 Å². The largest absolute Gasteiger partial charge is 0.360 e. The molecule has 1 aliphatic rings. The molecule has 0 atom stereocenters. The van der Waals surface area contributed by atoms with Crippen LogP contribution in [0.5, 0.6) is 0 Å². The Morgan fingerprint density at radius 1 is 1.47 bits per heavy atom. The smallest absolute Gasteiger partial charge is 0.275 e. The molecule has 5 heteroatoms. The fraction of sp³-hybridized carbons (Fsp3) is 0.667. The van der Waals surface area contributed by atoms with Gasteiger partial charge in [0.2, 0.25) is 0 Å². The van der Waals surface area contributed by atoms with E-state index in [2.05, 4.69) is 23.9 Å². The zero-order chi connectivity index (χ0) is 12.6. The Hall–Kier alpha value is -1.36. The Morgan fingerprint density at radius 2 is 2.18 bits per heavy atom. The normalized spacial score (nSPS) is 16.1. The number of nitrogens with zero attached hydrogens (tertiary/aromatic N) is 3. The predicted octanol–water partition coefficient (Wildman–Crippen LogP) is 1.14. The van der Waals surface area contributed by atoms with E-state index in [1.807, 2.05) is 0 Å². The van der Waals surface area contributed by atoms with E-state index in [-0.39, 0.29) is 5.91 Å². The molecule has 0 aliphatic carbocycles. The maximum Gasteiger partial charge on any atom is 0.275 e. The molecule has 1 aliphatic heterocycles. The second-order valence-corrected chi connectivity index (χ2v) is 4.95. The first kappa shape index (κ1) is 12.1. The molecule has 0 fully saturated rings. The molecule has 94 valence electrons. The molecular formula is C12H19N3O2. The second kappa shape index (κ2) is 4.49. The summed E-state index contributed by atoms with van der Waals surface area (Å²) in [7, 11) is 3.46. The van der Waals surface area contributed by atoms with Crippen molar-refractivity contribution in [2.45, 2.75) is 32.9 Å². The Bertz CT molecular complexity index is 423. The van der Waals surface area contributed by atoms with Crippen LogP contribution < -0.4 is 0 Å². The minimum Gasteiger partial charge on any atom is -0.360 e. The molecule has 2 rings (SSSR count). The Kier molecular flexibility index (Phi) is 3.19. The van der Waals surface area contributed by atoms with Crippen LogP contribution in [0.2, 0.25) is 0 Å². The van der Waals surface area contributed by atoms with Gasteiger partial charge in [0, 0.05) is 45.2 Å². The highest BCUT2D eigenvalue weighted by Gasteiger charge is 2.28. The summed E-state index contributed by atoms with van der Waals surface area (Å²) in [6.07, 6.45) is 0.835. The van der Waals surface area contributed by atoms with Gasteiger partial charge >= 0.3 is 0 Å². The third kappa shape index (κ3) is 2.20. The van der Waals surface area contributed by atoms with Gasteiger partial charge in [-0.3, -0.25) is 9.69 Å². The van der Waals surface area contributed by atoms with E-state index in [1.54, 1.807) is 14.1 Å². The number of amides is 1. The molecule has 0 spiro atoms. The molecule has 17 heavy (non-hydrogen) atoms. The van der Waals surface area contributed by atoms with Crippen LogP contribution in [0.25, 0.3) is 0 Å². The summed E-state index contributed by atoms with van der Waals surface area (Å²) in [5, 5.41) is 3.92. The number of hydrogen-bond donors (Lipinski definition) is 0. The molecule has 1 aromatic heterocycles. The van der Waals surface area contributed by atoms with E-state index in [0.717, 1.165) is 30.8 Å². The summed E-state index contributed by atoms with van der Waals surface area (Å²) >= 11 is 0. The fourth-order valence-electron chi connectivity index (χ4n) is 2.05. The second-order valence-electron chi connectivity index (χ2n) is 4.95. The summed E-state index contributed by atoms with van der Waals surface area (Å²) in [6, 6.07) is 0.473. The minimum absolute atomic E-state index is 0.0828. The SMILES string of the molecule is CC(C)N1CCc2onc(C(=O)N(C)C)c2C1. The van der Waals surface area contributed by atoms with Gasteiger partial charge in [-0.05, 0) is 13.8 Å². The van der Waals surface area contributed by atoms with E-state index in [4.69, 9.17) is 4.52 Å². The summed E-state index contributed by atoms with van der Waals surface area (Å²) < 4.78 is 5.26. The highest BCUT2D eigenvalue weighted by Crippen LogP contribution is 2.24. The Morgan fingerprint density at radius 3 is 2.76 bits per heavy atom. The first-order valence-electron chi connectivity index (χ1n) is 5.93. The molecule has 0 aromatic carbocycles. The molecule has 0 saturated carbocycles. The van der Waals surface area contributed by atoms with Gasteiger partial charge in [-0.25, -0.2) is 0 Å². The molecular weight excluding hydrogens is 218 g/mol. The average molecular weight is 237 g/mol. The van der Waals surface area contributed by atoms with Crippen molar-refractivity contribution in [2.75, 3.05) is 20.6 Å². The van der Waals surface area contributed by atoms with Crippen molar-refractivity contribution in [1.82, 2.24) is 15.0 Å². The van der Waals surface area contributed by atoms with Crippen LogP contribution in [0, 0.1) is 0 Å². The van der Waals surface area contributed by atoms with Crippen molar-refractivity contribution in [3.8, 4) is 0 Å². The van der Waals surface area contributed by atoms with Gasteiger partial charge in [-0.1, -0.05) is 5.16 Å². The third-order valence-corrected chi connectivity index (χ3v) is 3.20. The molecule has 0 bridgehead atoms. The number of fused-ring (bicyclic) bond motifs is 1. The van der Waals surface area contributed by atoms with Crippen LogP contribution in [0.15, 0.2) is 4.52 Å². The van der Waals surface area contributed by atoms with Crippen LogP contribution in [-0.4, -0.2) is 47.5 Å². The lowest BCUT2D eigenvalue weighted by atomic mass is 10.0. The summed E-state index contributed by atoms with van der Waals surface area (Å²) in [5.41, 5.74) is 1.43. The van der Waals surface area contributed by atoms with E-state index >= 15 is 0 Å². The number of rotatable bonds is 2. The first-order valence-corrected chi connectivity index (χ1v) is 5.93. The molecule has 1 aromatic rings. The van der Waals surface area contributed by atoms with Crippen molar-refractivity contribution in [3.05, 3.63) is 17.0 Å². The molecule has 0 N–H and O–H groups in total. The third-order valence-electron chi connectivity index (χ3n) is 3.20. The monoisotopic (exact) mass is 237 g/mol. The maximum atomic E-state index is 11.9. The molecule has 1 amide bonds. The van der Waals surface area contributed by atoms with Crippen LogP contribution in [0.1, 0.15) is 35.7 Å². The zero-order valence-electron chi connectivity index (χ0n) is 10.9. The van der Waals surface area contributed by atoms with Gasteiger partial charge in [0.25, 0.3) is 5.91 Å². The summed E-state index contributed by atoms with van der Waals surface area (Å²) in [5.74, 6) is 0.785. The van der Waals surface area contributed by atoms with Crippen LogP contribution in [-0.2, 0) is 13.0 Å². The van der Waals surface area contributed by atoms with Gasteiger partial charge < -0.3 is 9.42 Å². The van der Waals surface area contributed by atoms with Crippen LogP contribution in [0.3, 0.4) is 0 Å². The minimum atomic E-state index is -0.0828.